The van der Waals surface area contributed by atoms with E-state index >= 15 is 0 Å². The molecule has 0 aliphatic carbocycles. The van der Waals surface area contributed by atoms with E-state index in [0.29, 0.717) is 30.9 Å². The number of carbonyl (C=O) groups excluding carboxylic acids is 1. The van der Waals surface area contributed by atoms with Crippen LogP contribution in [0.15, 0.2) is 53.6 Å². The predicted molar refractivity (Wildman–Crippen MR) is 89.3 cm³/mol. The number of aliphatic carboxylic acids is 1. The fourth-order valence-electron chi connectivity index (χ4n) is 2.19. The molecule has 2 rings (SSSR count). The Kier molecular flexibility index (Phi) is 6.31. The molecule has 2 aromatic rings. The molecule has 0 saturated heterocycles. The molecule has 1 heterocycles. The van der Waals surface area contributed by atoms with Crippen LogP contribution in [0.1, 0.15) is 25.2 Å². The highest BCUT2D eigenvalue weighted by molar-refractivity contribution is 5.83. The van der Waals surface area contributed by atoms with E-state index in [9.17, 15) is 9.59 Å². The lowest BCUT2D eigenvalue weighted by Crippen LogP contribution is -2.40. The van der Waals surface area contributed by atoms with Crippen LogP contribution < -0.4 is 5.32 Å². The zero-order valence-electron chi connectivity index (χ0n) is 13.3. The fourth-order valence-corrected chi connectivity index (χ4v) is 2.19. The monoisotopic (exact) mass is 328 g/mol. The van der Waals surface area contributed by atoms with Crippen molar-refractivity contribution in [2.75, 3.05) is 0 Å². The van der Waals surface area contributed by atoms with Gasteiger partial charge in [0, 0.05) is 18.4 Å². The Hall–Kier alpha value is -2.89. The van der Waals surface area contributed by atoms with Gasteiger partial charge in [0.05, 0.1) is 6.20 Å². The number of nitrogens with one attached hydrogen (secondary N) is 1. The zero-order valence-corrected chi connectivity index (χ0v) is 13.3. The Morgan fingerprint density at radius 3 is 2.75 bits per heavy atom. The van der Waals surface area contributed by atoms with Crippen LogP contribution in [0.3, 0.4) is 0 Å². The summed E-state index contributed by atoms with van der Waals surface area (Å²) in [4.78, 5) is 27.1. The molecule has 2 N–H and O–H groups in total. The van der Waals surface area contributed by atoms with Crippen LogP contribution in [0.4, 0.5) is 0 Å². The predicted octanol–water partition coefficient (Wildman–Crippen LogP) is 2.81. The Morgan fingerprint density at radius 1 is 1.33 bits per heavy atom. The van der Waals surface area contributed by atoms with Crippen molar-refractivity contribution in [2.24, 2.45) is 0 Å². The summed E-state index contributed by atoms with van der Waals surface area (Å²) in [6, 6.07) is 8.64. The van der Waals surface area contributed by atoms with E-state index in [1.807, 2.05) is 30.3 Å². The smallest absolute Gasteiger partial charge is 0.326 e. The van der Waals surface area contributed by atoms with Gasteiger partial charge in [-0.2, -0.15) is 0 Å². The van der Waals surface area contributed by atoms with Crippen molar-refractivity contribution in [1.82, 2.24) is 10.3 Å². The van der Waals surface area contributed by atoms with Gasteiger partial charge in [-0.1, -0.05) is 36.4 Å². The van der Waals surface area contributed by atoms with Crippen LogP contribution >= 0.6 is 0 Å². The van der Waals surface area contributed by atoms with Gasteiger partial charge in [-0.25, -0.2) is 9.78 Å². The van der Waals surface area contributed by atoms with Crippen molar-refractivity contribution < 1.29 is 19.1 Å². The molecule has 0 fully saturated rings. The number of aromatic nitrogens is 1. The SMILES string of the molecule is C=CCCC(NC(=O)CCc1ncc(-c2ccccc2)o1)C(=O)O. The van der Waals surface area contributed by atoms with Crippen molar-refractivity contribution in [3.8, 4) is 11.3 Å². The van der Waals surface area contributed by atoms with Gasteiger partial charge in [-0.05, 0) is 12.8 Å². The minimum Gasteiger partial charge on any atom is -0.480 e. The lowest BCUT2D eigenvalue weighted by molar-refractivity contribution is -0.142. The molecule has 0 spiro atoms. The minimum atomic E-state index is -1.05. The molecule has 0 radical (unpaired) electrons. The molecule has 24 heavy (non-hydrogen) atoms. The van der Waals surface area contributed by atoms with E-state index in [2.05, 4.69) is 16.9 Å². The standard InChI is InChI=1S/C18H20N2O4/c1-2-3-9-14(18(22)23)20-16(21)10-11-17-19-12-15(24-17)13-7-5-4-6-8-13/h2,4-8,12,14H,1,3,9-11H2,(H,20,21)(H,22,23). The van der Waals surface area contributed by atoms with Crippen molar-refractivity contribution >= 4 is 11.9 Å². The fraction of sp³-hybridized carbons (Fsp3) is 0.278. The zero-order chi connectivity index (χ0) is 17.4. The first-order valence-corrected chi connectivity index (χ1v) is 7.73. The van der Waals surface area contributed by atoms with E-state index in [1.165, 1.54) is 0 Å². The molecule has 1 unspecified atom stereocenters. The summed E-state index contributed by atoms with van der Waals surface area (Å²) in [5.41, 5.74) is 0.913. The second-order valence-electron chi connectivity index (χ2n) is 5.31. The van der Waals surface area contributed by atoms with Gasteiger partial charge in [0.1, 0.15) is 6.04 Å². The van der Waals surface area contributed by atoms with Crippen LogP contribution in [0, 0.1) is 0 Å². The summed E-state index contributed by atoms with van der Waals surface area (Å²) in [6.45, 7) is 3.55. The molecule has 1 amide bonds. The molecule has 6 heteroatoms. The molecular formula is C18H20N2O4. The van der Waals surface area contributed by atoms with Crippen LogP contribution in [0.2, 0.25) is 0 Å². The second-order valence-corrected chi connectivity index (χ2v) is 5.31. The Morgan fingerprint density at radius 2 is 2.08 bits per heavy atom. The first-order chi connectivity index (χ1) is 11.6. The summed E-state index contributed by atoms with van der Waals surface area (Å²) < 4.78 is 5.62. The van der Waals surface area contributed by atoms with E-state index in [4.69, 9.17) is 9.52 Å². The van der Waals surface area contributed by atoms with Crippen LogP contribution in [-0.4, -0.2) is 28.0 Å². The third-order valence-corrected chi connectivity index (χ3v) is 3.47. The van der Waals surface area contributed by atoms with Crippen molar-refractivity contribution in [1.29, 1.82) is 0 Å². The first-order valence-electron chi connectivity index (χ1n) is 7.73. The van der Waals surface area contributed by atoms with Gasteiger partial charge in [0.25, 0.3) is 0 Å². The largest absolute Gasteiger partial charge is 0.480 e. The molecule has 6 nitrogen and oxygen atoms in total. The maximum Gasteiger partial charge on any atom is 0.326 e. The number of carboxylic acid groups (broad SMARTS) is 1. The third-order valence-electron chi connectivity index (χ3n) is 3.47. The minimum absolute atomic E-state index is 0.118. The van der Waals surface area contributed by atoms with Gasteiger partial charge >= 0.3 is 5.97 Å². The molecule has 0 bridgehead atoms. The molecule has 1 aromatic carbocycles. The normalized spacial score (nSPS) is 11.7. The molecule has 0 saturated carbocycles. The molecule has 126 valence electrons. The maximum absolute atomic E-state index is 11.9. The van der Waals surface area contributed by atoms with E-state index < -0.39 is 12.0 Å². The number of hydrogen-bond acceptors (Lipinski definition) is 4. The van der Waals surface area contributed by atoms with Gasteiger partial charge < -0.3 is 14.8 Å². The first kappa shape index (κ1) is 17.5. The molecule has 0 aliphatic heterocycles. The van der Waals surface area contributed by atoms with E-state index in [-0.39, 0.29) is 12.3 Å². The number of rotatable bonds is 9. The van der Waals surface area contributed by atoms with Gasteiger partial charge in [-0.3, -0.25) is 4.79 Å². The highest BCUT2D eigenvalue weighted by atomic mass is 16.4. The number of carboxylic acids is 1. The number of amides is 1. The number of hydrogen-bond donors (Lipinski definition) is 2. The van der Waals surface area contributed by atoms with Crippen molar-refractivity contribution in [3.05, 3.63) is 55.1 Å². The highest BCUT2D eigenvalue weighted by Gasteiger charge is 2.19. The summed E-state index contributed by atoms with van der Waals surface area (Å²) in [5, 5.41) is 11.6. The van der Waals surface area contributed by atoms with Crippen LogP contribution in [-0.2, 0) is 16.0 Å². The van der Waals surface area contributed by atoms with Gasteiger partial charge in [0.2, 0.25) is 5.91 Å². The molecule has 1 aromatic heterocycles. The molecule has 0 aliphatic rings. The average Bonchev–Trinajstić information content (AvgIpc) is 3.06. The Labute approximate surface area is 140 Å². The lowest BCUT2D eigenvalue weighted by atomic mass is 10.1. The Bertz CT molecular complexity index is 694. The van der Waals surface area contributed by atoms with Crippen LogP contribution in [0.5, 0.6) is 0 Å². The number of nitrogens with zero attached hydrogens (tertiary/aromatic N) is 1. The van der Waals surface area contributed by atoms with E-state index in [1.54, 1.807) is 12.3 Å². The molecular weight excluding hydrogens is 308 g/mol. The van der Waals surface area contributed by atoms with Gasteiger partial charge in [0.15, 0.2) is 11.7 Å². The summed E-state index contributed by atoms with van der Waals surface area (Å²) in [5.74, 6) is -0.305. The maximum atomic E-state index is 11.9. The number of aryl methyl sites for hydroxylation is 1. The average molecular weight is 328 g/mol. The molecule has 1 atom stereocenters. The number of benzene rings is 1. The topological polar surface area (TPSA) is 92.4 Å². The van der Waals surface area contributed by atoms with Crippen molar-refractivity contribution in [3.63, 3.8) is 0 Å². The van der Waals surface area contributed by atoms with Gasteiger partial charge in [-0.15, -0.1) is 6.58 Å². The summed E-state index contributed by atoms with van der Waals surface area (Å²) in [7, 11) is 0. The number of carbonyl (C=O) groups is 2. The lowest BCUT2D eigenvalue weighted by Gasteiger charge is -2.13. The van der Waals surface area contributed by atoms with Crippen LogP contribution in [0.25, 0.3) is 11.3 Å². The quantitative estimate of drug-likeness (QED) is 0.691. The number of oxazole rings is 1. The second kappa shape index (κ2) is 8.67. The summed E-state index contributed by atoms with van der Waals surface area (Å²) in [6.07, 6.45) is 4.52. The van der Waals surface area contributed by atoms with Crippen molar-refractivity contribution in [2.45, 2.75) is 31.7 Å². The third kappa shape index (κ3) is 5.08. The van der Waals surface area contributed by atoms with E-state index in [0.717, 1.165) is 5.56 Å². The highest BCUT2D eigenvalue weighted by Crippen LogP contribution is 2.20. The summed E-state index contributed by atoms with van der Waals surface area (Å²) >= 11 is 0. The Balaban J connectivity index is 1.86. The number of allylic oxidation sites excluding steroid dienone is 1.